The van der Waals surface area contributed by atoms with Gasteiger partial charge in [0.15, 0.2) is 18.6 Å². The maximum Gasteiger partial charge on any atom is 0.239 e. The van der Waals surface area contributed by atoms with Gasteiger partial charge in [-0.25, -0.2) is 18.4 Å². The molecule has 1 amide bonds. The predicted octanol–water partition coefficient (Wildman–Crippen LogP) is -0.708. The Hall–Kier alpha value is -2.42. The molecule has 0 aliphatic heterocycles. The molecule has 0 fully saturated rings. The topological polar surface area (TPSA) is 106 Å². The number of rotatable bonds is 5. The van der Waals surface area contributed by atoms with Crippen molar-refractivity contribution in [3.8, 4) is 11.4 Å². The first-order chi connectivity index (χ1) is 9.94. The first kappa shape index (κ1) is 15.0. The Morgan fingerprint density at radius 2 is 2.05 bits per heavy atom. The van der Waals surface area contributed by atoms with Gasteiger partial charge in [-0.05, 0) is 11.2 Å². The molecule has 0 atom stereocenters. The number of sulfonamides is 1. The van der Waals surface area contributed by atoms with Crippen molar-refractivity contribution in [3.05, 3.63) is 36.9 Å². The normalized spacial score (nSPS) is 11.1. The SMILES string of the molecule is CS(=O)(=O)NC(=O)CC[n+]1ccc(-c2ncccn2)cn1. The van der Waals surface area contributed by atoms with Crippen LogP contribution >= 0.6 is 0 Å². The van der Waals surface area contributed by atoms with Gasteiger partial charge in [0.25, 0.3) is 0 Å². The van der Waals surface area contributed by atoms with Crippen LogP contribution in [0.15, 0.2) is 36.9 Å². The second kappa shape index (κ2) is 6.35. The van der Waals surface area contributed by atoms with Crippen molar-refractivity contribution >= 4 is 15.9 Å². The molecule has 0 radical (unpaired) electrons. The summed E-state index contributed by atoms with van der Waals surface area (Å²) in [5, 5.41) is 4.13. The van der Waals surface area contributed by atoms with Crippen molar-refractivity contribution < 1.29 is 17.9 Å². The third-order valence-corrected chi connectivity index (χ3v) is 3.06. The number of amides is 1. The molecule has 21 heavy (non-hydrogen) atoms. The van der Waals surface area contributed by atoms with Crippen molar-refractivity contribution in [2.75, 3.05) is 6.26 Å². The molecule has 2 aromatic rings. The van der Waals surface area contributed by atoms with Gasteiger partial charge in [-0.3, -0.25) is 9.52 Å². The zero-order chi connectivity index (χ0) is 15.3. The third-order valence-electron chi connectivity index (χ3n) is 2.46. The number of carbonyl (C=O) groups excluding carboxylic acids is 1. The highest BCUT2D eigenvalue weighted by atomic mass is 32.2. The average Bonchev–Trinajstić information content (AvgIpc) is 2.45. The van der Waals surface area contributed by atoms with E-state index in [-0.39, 0.29) is 13.0 Å². The standard InChI is InChI=1S/C12H13N5O3S/c1-21(19,20)16-11(18)4-8-17-7-3-10(9-15-17)12-13-5-2-6-14-12/h2-3,5-7,9H,4,8H2,1H3/p+1. The van der Waals surface area contributed by atoms with Crippen LogP contribution in [0.1, 0.15) is 6.42 Å². The highest BCUT2D eigenvalue weighted by molar-refractivity contribution is 7.89. The third kappa shape index (κ3) is 4.88. The van der Waals surface area contributed by atoms with Gasteiger partial charge in [-0.1, -0.05) is 4.68 Å². The van der Waals surface area contributed by atoms with E-state index in [1.54, 1.807) is 36.9 Å². The van der Waals surface area contributed by atoms with Crippen LogP contribution in [-0.4, -0.2) is 35.6 Å². The van der Waals surface area contributed by atoms with E-state index < -0.39 is 15.9 Å². The lowest BCUT2D eigenvalue weighted by Crippen LogP contribution is -2.40. The van der Waals surface area contributed by atoms with Crippen LogP contribution in [0.4, 0.5) is 0 Å². The number of aromatic nitrogens is 4. The fraction of sp³-hybridized carbons (Fsp3) is 0.250. The van der Waals surface area contributed by atoms with Crippen LogP contribution in [0.25, 0.3) is 11.4 Å². The molecule has 0 bridgehead atoms. The number of hydrogen-bond acceptors (Lipinski definition) is 6. The van der Waals surface area contributed by atoms with E-state index in [1.165, 1.54) is 4.68 Å². The van der Waals surface area contributed by atoms with Crippen LogP contribution in [0.5, 0.6) is 0 Å². The van der Waals surface area contributed by atoms with Gasteiger partial charge in [-0.15, -0.1) is 0 Å². The van der Waals surface area contributed by atoms with Gasteiger partial charge in [0.2, 0.25) is 15.9 Å². The summed E-state index contributed by atoms with van der Waals surface area (Å²) in [6.07, 6.45) is 7.50. The van der Waals surface area contributed by atoms with Gasteiger partial charge in [0.05, 0.1) is 12.7 Å². The van der Waals surface area contributed by atoms with E-state index in [0.29, 0.717) is 5.82 Å². The molecular formula is C12H14N5O3S+. The molecule has 0 saturated carbocycles. The van der Waals surface area contributed by atoms with Crippen molar-refractivity contribution in [2.45, 2.75) is 13.0 Å². The molecule has 8 nitrogen and oxygen atoms in total. The van der Waals surface area contributed by atoms with Gasteiger partial charge < -0.3 is 0 Å². The summed E-state index contributed by atoms with van der Waals surface area (Å²) in [7, 11) is -3.52. The molecule has 0 aliphatic carbocycles. The molecule has 2 rings (SSSR count). The lowest BCUT2D eigenvalue weighted by atomic mass is 10.3. The van der Waals surface area contributed by atoms with Crippen LogP contribution in [0.2, 0.25) is 0 Å². The fourth-order valence-electron chi connectivity index (χ4n) is 1.57. The Balaban J connectivity index is 1.96. The zero-order valence-corrected chi connectivity index (χ0v) is 12.1. The summed E-state index contributed by atoms with van der Waals surface area (Å²) in [5.41, 5.74) is 0.757. The lowest BCUT2D eigenvalue weighted by Gasteiger charge is -2.00. The van der Waals surface area contributed by atoms with E-state index in [2.05, 4.69) is 15.1 Å². The molecule has 0 spiro atoms. The highest BCUT2D eigenvalue weighted by Gasteiger charge is 2.12. The molecule has 9 heteroatoms. The smallest absolute Gasteiger partial charge is 0.239 e. The van der Waals surface area contributed by atoms with Crippen LogP contribution in [0, 0.1) is 0 Å². The van der Waals surface area contributed by atoms with Crippen molar-refractivity contribution in [2.24, 2.45) is 0 Å². The molecule has 0 unspecified atom stereocenters. The largest absolute Gasteiger partial charge is 0.274 e. The second-order valence-electron chi connectivity index (χ2n) is 4.30. The van der Waals surface area contributed by atoms with Gasteiger partial charge in [0, 0.05) is 24.0 Å². The summed E-state index contributed by atoms with van der Waals surface area (Å²) in [4.78, 5) is 19.6. The Morgan fingerprint density at radius 3 is 2.62 bits per heavy atom. The highest BCUT2D eigenvalue weighted by Crippen LogP contribution is 2.09. The van der Waals surface area contributed by atoms with Crippen LogP contribution in [-0.2, 0) is 21.4 Å². The molecule has 0 aromatic carbocycles. The summed E-state index contributed by atoms with van der Waals surface area (Å²) >= 11 is 0. The van der Waals surface area contributed by atoms with E-state index in [9.17, 15) is 13.2 Å². The number of hydrogen-bond donors (Lipinski definition) is 1. The molecule has 0 aliphatic rings. The lowest BCUT2D eigenvalue weighted by molar-refractivity contribution is -0.752. The van der Waals surface area contributed by atoms with Gasteiger partial charge >= 0.3 is 0 Å². The Morgan fingerprint density at radius 1 is 1.33 bits per heavy atom. The number of aryl methyl sites for hydroxylation is 1. The monoisotopic (exact) mass is 308 g/mol. The summed E-state index contributed by atoms with van der Waals surface area (Å²) < 4.78 is 25.2. The maximum atomic E-state index is 11.4. The first-order valence-corrected chi connectivity index (χ1v) is 7.97. The van der Waals surface area contributed by atoms with E-state index in [1.807, 2.05) is 4.72 Å². The van der Waals surface area contributed by atoms with E-state index >= 15 is 0 Å². The minimum absolute atomic E-state index is 0.0198. The summed E-state index contributed by atoms with van der Waals surface area (Å²) in [5.74, 6) is -0.00533. The first-order valence-electron chi connectivity index (χ1n) is 6.08. The molecule has 2 heterocycles. The summed E-state index contributed by atoms with van der Waals surface area (Å²) in [6, 6.07) is 3.50. The second-order valence-corrected chi connectivity index (χ2v) is 6.05. The predicted molar refractivity (Wildman–Crippen MR) is 73.1 cm³/mol. The Labute approximate surface area is 121 Å². The fourth-order valence-corrected chi connectivity index (χ4v) is 2.09. The van der Waals surface area contributed by atoms with E-state index in [4.69, 9.17) is 0 Å². The molecule has 1 N–H and O–H groups in total. The van der Waals surface area contributed by atoms with Gasteiger partial charge in [0.1, 0.15) is 6.20 Å². The minimum atomic E-state index is -3.52. The van der Waals surface area contributed by atoms with Crippen LogP contribution < -0.4 is 9.40 Å². The number of nitrogens with zero attached hydrogens (tertiary/aromatic N) is 4. The van der Waals surface area contributed by atoms with Gasteiger partial charge in [-0.2, -0.15) is 0 Å². The molecular weight excluding hydrogens is 294 g/mol. The maximum absolute atomic E-state index is 11.4. The van der Waals surface area contributed by atoms with E-state index in [0.717, 1.165) is 11.8 Å². The average molecular weight is 308 g/mol. The molecule has 110 valence electrons. The number of carbonyl (C=O) groups is 1. The molecule has 2 aromatic heterocycles. The zero-order valence-electron chi connectivity index (χ0n) is 11.3. The van der Waals surface area contributed by atoms with Crippen molar-refractivity contribution in [1.82, 2.24) is 19.8 Å². The minimum Gasteiger partial charge on any atom is -0.274 e. The Kier molecular flexibility index (Phi) is 4.53. The Bertz CT molecular complexity index is 716. The molecule has 0 saturated heterocycles. The van der Waals surface area contributed by atoms with Crippen LogP contribution in [0.3, 0.4) is 0 Å². The number of nitrogens with one attached hydrogen (secondary N) is 1. The van der Waals surface area contributed by atoms with Crippen molar-refractivity contribution in [1.29, 1.82) is 0 Å². The quantitative estimate of drug-likeness (QED) is 0.732. The van der Waals surface area contributed by atoms with Crippen molar-refractivity contribution in [3.63, 3.8) is 0 Å². The summed E-state index contributed by atoms with van der Waals surface area (Å²) in [6.45, 7) is 0.275.